The third-order valence-corrected chi connectivity index (χ3v) is 4.46. The molecule has 128 valence electrons. The molecule has 0 fully saturated rings. The van der Waals surface area contributed by atoms with Gasteiger partial charge in [0.05, 0.1) is 15.1 Å². The lowest BCUT2D eigenvalue weighted by Gasteiger charge is -2.13. The topological polar surface area (TPSA) is 94.4 Å². The zero-order valence-electron chi connectivity index (χ0n) is 12.9. The summed E-state index contributed by atoms with van der Waals surface area (Å²) in [6.45, 7) is 1.61. The number of anilines is 1. The van der Waals surface area contributed by atoms with Gasteiger partial charge in [-0.3, -0.25) is 20.2 Å². The molecule has 0 aliphatic carbocycles. The van der Waals surface area contributed by atoms with E-state index in [1.54, 1.807) is 37.3 Å². The molecular formula is C16H12ClN3O4S. The number of nitrogens with zero attached hydrogens (tertiary/aromatic N) is 2. The number of amides is 1. The van der Waals surface area contributed by atoms with Gasteiger partial charge in [0.2, 0.25) is 0 Å². The van der Waals surface area contributed by atoms with E-state index in [9.17, 15) is 14.9 Å². The van der Waals surface area contributed by atoms with Gasteiger partial charge in [-0.15, -0.1) is 0 Å². The molecule has 1 atom stereocenters. The minimum Gasteiger partial charge on any atom is -0.481 e. The number of carbonyl (C=O) groups is 1. The maximum absolute atomic E-state index is 12.2. The number of aromatic nitrogens is 1. The van der Waals surface area contributed by atoms with Crippen molar-refractivity contribution in [3.05, 3.63) is 57.6 Å². The van der Waals surface area contributed by atoms with Gasteiger partial charge in [0.25, 0.3) is 11.6 Å². The van der Waals surface area contributed by atoms with Crippen LogP contribution in [0.1, 0.15) is 6.92 Å². The predicted molar refractivity (Wildman–Crippen MR) is 96.4 cm³/mol. The maximum atomic E-state index is 12.2. The predicted octanol–water partition coefficient (Wildman–Crippen LogP) is 4.26. The Labute approximate surface area is 151 Å². The standard InChI is InChI=1S/C16H12ClN3O4S/c1-9(24-12-4-2-3-10(17)7-12)15(21)19-16-18-13-6-5-11(20(22)23)8-14(13)25-16/h2-9H,1H3,(H,18,19,21)/t9-/m1/s1. The summed E-state index contributed by atoms with van der Waals surface area (Å²) in [5.74, 6) is 0.101. The lowest BCUT2D eigenvalue weighted by Crippen LogP contribution is -2.30. The summed E-state index contributed by atoms with van der Waals surface area (Å²) in [5, 5.41) is 14.3. The first-order valence-electron chi connectivity index (χ1n) is 7.20. The summed E-state index contributed by atoms with van der Waals surface area (Å²) < 4.78 is 6.16. The Morgan fingerprint density at radius 3 is 2.88 bits per heavy atom. The molecule has 0 aliphatic rings. The average molecular weight is 378 g/mol. The smallest absolute Gasteiger partial charge is 0.270 e. The van der Waals surface area contributed by atoms with Gasteiger partial charge in [0, 0.05) is 17.2 Å². The molecule has 0 bridgehead atoms. The SMILES string of the molecule is C[C@@H](Oc1cccc(Cl)c1)C(=O)Nc1nc2ccc([N+](=O)[O-])cc2s1. The quantitative estimate of drug-likeness (QED) is 0.529. The van der Waals surface area contributed by atoms with Crippen molar-refractivity contribution in [3.8, 4) is 5.75 Å². The molecule has 0 aliphatic heterocycles. The second-order valence-corrected chi connectivity index (χ2v) is 6.60. The Morgan fingerprint density at radius 2 is 2.16 bits per heavy atom. The first-order valence-corrected chi connectivity index (χ1v) is 8.40. The zero-order valence-corrected chi connectivity index (χ0v) is 14.5. The fourth-order valence-electron chi connectivity index (χ4n) is 2.09. The van der Waals surface area contributed by atoms with E-state index < -0.39 is 11.0 Å². The molecule has 3 rings (SSSR count). The van der Waals surface area contributed by atoms with Crippen LogP contribution in [0.2, 0.25) is 5.02 Å². The largest absolute Gasteiger partial charge is 0.481 e. The number of benzene rings is 2. The highest BCUT2D eigenvalue weighted by Gasteiger charge is 2.17. The first kappa shape index (κ1) is 17.1. The van der Waals surface area contributed by atoms with Crippen molar-refractivity contribution in [2.75, 3.05) is 5.32 Å². The molecule has 0 spiro atoms. The highest BCUT2D eigenvalue weighted by atomic mass is 35.5. The van der Waals surface area contributed by atoms with Crippen LogP contribution >= 0.6 is 22.9 Å². The van der Waals surface area contributed by atoms with Crippen LogP contribution in [0.25, 0.3) is 10.2 Å². The molecule has 1 heterocycles. The van der Waals surface area contributed by atoms with Crippen molar-refractivity contribution in [1.29, 1.82) is 0 Å². The van der Waals surface area contributed by atoms with Crippen LogP contribution in [-0.4, -0.2) is 21.9 Å². The number of hydrogen-bond donors (Lipinski definition) is 1. The Hall–Kier alpha value is -2.71. The summed E-state index contributed by atoms with van der Waals surface area (Å²) >= 11 is 7.04. The molecule has 7 nitrogen and oxygen atoms in total. The number of carbonyl (C=O) groups excluding carboxylic acids is 1. The van der Waals surface area contributed by atoms with Crippen molar-refractivity contribution in [2.24, 2.45) is 0 Å². The van der Waals surface area contributed by atoms with E-state index in [1.165, 1.54) is 12.1 Å². The van der Waals surface area contributed by atoms with Crippen LogP contribution < -0.4 is 10.1 Å². The Kier molecular flexibility index (Phi) is 4.82. The van der Waals surface area contributed by atoms with Crippen molar-refractivity contribution in [2.45, 2.75) is 13.0 Å². The van der Waals surface area contributed by atoms with Crippen molar-refractivity contribution < 1.29 is 14.5 Å². The third-order valence-electron chi connectivity index (χ3n) is 3.29. The lowest BCUT2D eigenvalue weighted by atomic mass is 10.3. The average Bonchev–Trinajstić information content (AvgIpc) is 2.95. The highest BCUT2D eigenvalue weighted by Crippen LogP contribution is 2.29. The molecule has 0 saturated heterocycles. The van der Waals surface area contributed by atoms with Crippen molar-refractivity contribution in [3.63, 3.8) is 0 Å². The van der Waals surface area contributed by atoms with Gasteiger partial charge >= 0.3 is 0 Å². The van der Waals surface area contributed by atoms with Crippen LogP contribution in [0.3, 0.4) is 0 Å². The van der Waals surface area contributed by atoms with Gasteiger partial charge in [-0.2, -0.15) is 0 Å². The number of nitrogens with one attached hydrogen (secondary N) is 1. The van der Waals surface area contributed by atoms with E-state index in [1.807, 2.05) is 0 Å². The fraction of sp³-hybridized carbons (Fsp3) is 0.125. The molecule has 1 amide bonds. The van der Waals surface area contributed by atoms with E-state index >= 15 is 0 Å². The number of fused-ring (bicyclic) bond motifs is 1. The third kappa shape index (κ3) is 4.04. The zero-order chi connectivity index (χ0) is 18.0. The van der Waals surface area contributed by atoms with E-state index in [0.717, 1.165) is 11.3 Å². The van der Waals surface area contributed by atoms with Crippen LogP contribution in [0.5, 0.6) is 5.75 Å². The molecule has 25 heavy (non-hydrogen) atoms. The van der Waals surface area contributed by atoms with Crippen molar-refractivity contribution in [1.82, 2.24) is 4.98 Å². The van der Waals surface area contributed by atoms with Gasteiger partial charge in [0.15, 0.2) is 11.2 Å². The van der Waals surface area contributed by atoms with E-state index in [2.05, 4.69) is 10.3 Å². The number of non-ortho nitro benzene ring substituents is 1. The Balaban J connectivity index is 1.71. The number of ether oxygens (including phenoxy) is 1. The molecule has 0 unspecified atom stereocenters. The maximum Gasteiger partial charge on any atom is 0.270 e. The number of hydrogen-bond acceptors (Lipinski definition) is 6. The van der Waals surface area contributed by atoms with Gasteiger partial charge in [-0.1, -0.05) is 29.0 Å². The second kappa shape index (κ2) is 7.04. The Bertz CT molecular complexity index is 959. The molecule has 9 heteroatoms. The lowest BCUT2D eigenvalue weighted by molar-refractivity contribution is -0.384. The van der Waals surface area contributed by atoms with E-state index in [-0.39, 0.29) is 11.6 Å². The minimum atomic E-state index is -0.764. The number of nitro benzene ring substituents is 1. The minimum absolute atomic E-state index is 0.0216. The van der Waals surface area contributed by atoms with Crippen molar-refractivity contribution >= 4 is 49.9 Å². The second-order valence-electron chi connectivity index (χ2n) is 5.13. The van der Waals surface area contributed by atoms with E-state index in [0.29, 0.717) is 26.1 Å². The number of thiazole rings is 1. The van der Waals surface area contributed by atoms with Crippen LogP contribution in [0, 0.1) is 10.1 Å². The van der Waals surface area contributed by atoms with Crippen LogP contribution in [-0.2, 0) is 4.79 Å². The van der Waals surface area contributed by atoms with E-state index in [4.69, 9.17) is 16.3 Å². The van der Waals surface area contributed by atoms with Gasteiger partial charge < -0.3 is 4.74 Å². The van der Waals surface area contributed by atoms with Gasteiger partial charge in [-0.05, 0) is 31.2 Å². The Morgan fingerprint density at radius 1 is 1.36 bits per heavy atom. The summed E-state index contributed by atoms with van der Waals surface area (Å²) in [7, 11) is 0. The number of nitro groups is 1. The number of halogens is 1. The summed E-state index contributed by atoms with van der Waals surface area (Å²) in [6, 6.07) is 11.1. The van der Waals surface area contributed by atoms with Gasteiger partial charge in [-0.25, -0.2) is 4.98 Å². The fourth-order valence-corrected chi connectivity index (χ4v) is 3.17. The summed E-state index contributed by atoms with van der Waals surface area (Å²) in [5.41, 5.74) is 0.556. The van der Waals surface area contributed by atoms with Gasteiger partial charge in [0.1, 0.15) is 5.75 Å². The highest BCUT2D eigenvalue weighted by molar-refractivity contribution is 7.22. The monoisotopic (exact) mass is 377 g/mol. The molecule has 3 aromatic rings. The molecule has 0 radical (unpaired) electrons. The molecule has 1 N–H and O–H groups in total. The normalized spacial score (nSPS) is 11.9. The molecular weight excluding hydrogens is 366 g/mol. The number of rotatable bonds is 5. The van der Waals surface area contributed by atoms with Crippen LogP contribution in [0.4, 0.5) is 10.8 Å². The molecule has 1 aromatic heterocycles. The summed E-state index contributed by atoms with van der Waals surface area (Å²) in [6.07, 6.45) is -0.764. The van der Waals surface area contributed by atoms with Crippen LogP contribution in [0.15, 0.2) is 42.5 Å². The summed E-state index contributed by atoms with van der Waals surface area (Å²) in [4.78, 5) is 26.8. The molecule has 2 aromatic carbocycles. The first-order chi connectivity index (χ1) is 11.9. The molecule has 0 saturated carbocycles.